The molecule has 0 amide bonds. The molecule has 106 valence electrons. The number of nitrogens with two attached hydrogens (primary N) is 1. The van der Waals surface area contributed by atoms with Crippen LogP contribution in [0.25, 0.3) is 0 Å². The summed E-state index contributed by atoms with van der Waals surface area (Å²) in [4.78, 5) is 7.82. The van der Waals surface area contributed by atoms with E-state index >= 15 is 0 Å². The Kier molecular flexibility index (Phi) is 4.47. The van der Waals surface area contributed by atoms with Crippen LogP contribution in [0.15, 0.2) is 24.4 Å². The smallest absolute Gasteiger partial charge is 0.224 e. The molecule has 0 atom stereocenters. The van der Waals surface area contributed by atoms with Crippen molar-refractivity contribution in [3.8, 4) is 11.5 Å². The topological polar surface area (TPSA) is 82.3 Å². The van der Waals surface area contributed by atoms with Crippen LogP contribution in [0.5, 0.6) is 11.5 Å². The Hall–Kier alpha value is -2.21. The Morgan fingerprint density at radius 3 is 2.70 bits per heavy atom. The second-order valence-electron chi connectivity index (χ2n) is 3.99. The number of aromatic nitrogens is 2. The lowest BCUT2D eigenvalue weighted by Gasteiger charge is -2.11. The van der Waals surface area contributed by atoms with Crippen LogP contribution < -0.4 is 20.5 Å². The zero-order valence-corrected chi connectivity index (χ0v) is 11.9. The molecular weight excluding hydrogens is 280 g/mol. The van der Waals surface area contributed by atoms with Gasteiger partial charge in [0.15, 0.2) is 17.3 Å². The number of anilines is 2. The van der Waals surface area contributed by atoms with Crippen LogP contribution >= 0.6 is 11.6 Å². The molecule has 3 N–H and O–H groups in total. The molecule has 0 saturated heterocycles. The summed E-state index contributed by atoms with van der Waals surface area (Å²) in [6.07, 6.45) is 1.46. The first kappa shape index (κ1) is 14.2. The number of hydrogen-bond donors (Lipinski definition) is 2. The molecule has 0 radical (unpaired) electrons. The van der Waals surface area contributed by atoms with E-state index in [0.717, 1.165) is 5.56 Å². The van der Waals surface area contributed by atoms with E-state index in [0.29, 0.717) is 29.5 Å². The fourth-order valence-corrected chi connectivity index (χ4v) is 1.82. The van der Waals surface area contributed by atoms with Gasteiger partial charge < -0.3 is 20.5 Å². The number of benzene rings is 1. The predicted octanol–water partition coefficient (Wildman–Crippen LogP) is 2.34. The molecule has 0 bridgehead atoms. The van der Waals surface area contributed by atoms with Crippen molar-refractivity contribution < 1.29 is 9.47 Å². The van der Waals surface area contributed by atoms with E-state index in [2.05, 4.69) is 15.3 Å². The lowest BCUT2D eigenvalue weighted by atomic mass is 10.2. The molecule has 2 aromatic rings. The summed E-state index contributed by atoms with van der Waals surface area (Å²) in [5.74, 6) is 1.85. The molecular formula is C13H15ClN4O2. The summed E-state index contributed by atoms with van der Waals surface area (Å²) in [5, 5.41) is 3.25. The van der Waals surface area contributed by atoms with Crippen molar-refractivity contribution in [3.63, 3.8) is 0 Å². The Morgan fingerprint density at radius 2 is 2.00 bits per heavy atom. The van der Waals surface area contributed by atoms with Crippen molar-refractivity contribution in [1.29, 1.82) is 0 Å². The van der Waals surface area contributed by atoms with Gasteiger partial charge in [-0.3, -0.25) is 0 Å². The number of hydrogen-bond acceptors (Lipinski definition) is 6. The van der Waals surface area contributed by atoms with Gasteiger partial charge in [0, 0.05) is 6.54 Å². The largest absolute Gasteiger partial charge is 0.493 e. The maximum Gasteiger partial charge on any atom is 0.224 e. The van der Waals surface area contributed by atoms with Crippen LogP contribution in [0, 0.1) is 0 Å². The van der Waals surface area contributed by atoms with Crippen molar-refractivity contribution in [2.24, 2.45) is 0 Å². The van der Waals surface area contributed by atoms with E-state index in [1.54, 1.807) is 14.2 Å². The van der Waals surface area contributed by atoms with Crippen LogP contribution in [0.2, 0.25) is 5.28 Å². The lowest BCUT2D eigenvalue weighted by Crippen LogP contribution is -2.05. The summed E-state index contributed by atoms with van der Waals surface area (Å²) in [6, 6.07) is 5.64. The fourth-order valence-electron chi connectivity index (χ4n) is 1.69. The van der Waals surface area contributed by atoms with Crippen LogP contribution in [-0.4, -0.2) is 24.2 Å². The summed E-state index contributed by atoms with van der Waals surface area (Å²) in [6.45, 7) is 0.526. The summed E-state index contributed by atoms with van der Waals surface area (Å²) in [5.41, 5.74) is 7.20. The first-order valence-electron chi connectivity index (χ1n) is 5.87. The molecule has 6 nitrogen and oxygen atoms in total. The van der Waals surface area contributed by atoms with E-state index in [4.69, 9.17) is 26.8 Å². The van der Waals surface area contributed by atoms with E-state index in [1.165, 1.54) is 6.20 Å². The monoisotopic (exact) mass is 294 g/mol. The number of nitrogen functional groups attached to an aromatic ring is 1. The van der Waals surface area contributed by atoms with Crippen LogP contribution in [-0.2, 0) is 6.54 Å². The van der Waals surface area contributed by atoms with Gasteiger partial charge in [-0.2, -0.15) is 4.98 Å². The second-order valence-corrected chi connectivity index (χ2v) is 4.32. The number of nitrogens with zero attached hydrogens (tertiary/aromatic N) is 2. The Labute approximate surface area is 121 Å². The summed E-state index contributed by atoms with van der Waals surface area (Å²) >= 11 is 5.73. The number of ether oxygens (including phenoxy) is 2. The first-order chi connectivity index (χ1) is 9.63. The quantitative estimate of drug-likeness (QED) is 0.824. The van der Waals surface area contributed by atoms with Crippen LogP contribution in [0.4, 0.5) is 11.5 Å². The zero-order chi connectivity index (χ0) is 14.5. The molecule has 0 aliphatic carbocycles. The number of methoxy groups -OCH3 is 2. The SMILES string of the molecule is COc1ccc(CNc2nc(Cl)ncc2N)cc1OC. The molecule has 0 unspecified atom stereocenters. The highest BCUT2D eigenvalue weighted by Crippen LogP contribution is 2.28. The Balaban J connectivity index is 2.12. The molecule has 0 fully saturated rings. The molecule has 1 heterocycles. The maximum absolute atomic E-state index is 5.76. The second kappa shape index (κ2) is 6.29. The highest BCUT2D eigenvalue weighted by atomic mass is 35.5. The molecule has 1 aromatic carbocycles. The van der Waals surface area contributed by atoms with Gasteiger partial charge in [0.2, 0.25) is 5.28 Å². The molecule has 1 aromatic heterocycles. The fraction of sp³-hybridized carbons (Fsp3) is 0.231. The van der Waals surface area contributed by atoms with Crippen molar-refractivity contribution in [2.75, 3.05) is 25.3 Å². The summed E-state index contributed by atoms with van der Waals surface area (Å²) in [7, 11) is 3.19. The highest BCUT2D eigenvalue weighted by molar-refractivity contribution is 6.28. The van der Waals surface area contributed by atoms with Crippen molar-refractivity contribution in [1.82, 2.24) is 9.97 Å². The third-order valence-corrected chi connectivity index (χ3v) is 2.88. The van der Waals surface area contributed by atoms with Gasteiger partial charge >= 0.3 is 0 Å². The predicted molar refractivity (Wildman–Crippen MR) is 78.3 cm³/mol. The van der Waals surface area contributed by atoms with E-state index in [-0.39, 0.29) is 5.28 Å². The van der Waals surface area contributed by atoms with Gasteiger partial charge in [0.25, 0.3) is 0 Å². The third-order valence-electron chi connectivity index (χ3n) is 2.70. The van der Waals surface area contributed by atoms with Crippen LogP contribution in [0.3, 0.4) is 0 Å². The minimum absolute atomic E-state index is 0.147. The van der Waals surface area contributed by atoms with Crippen molar-refractivity contribution in [2.45, 2.75) is 6.54 Å². The number of nitrogens with one attached hydrogen (secondary N) is 1. The molecule has 20 heavy (non-hydrogen) atoms. The molecule has 0 aliphatic heterocycles. The van der Waals surface area contributed by atoms with E-state index in [9.17, 15) is 0 Å². The van der Waals surface area contributed by atoms with Gasteiger partial charge in [-0.25, -0.2) is 4.98 Å². The van der Waals surface area contributed by atoms with Gasteiger partial charge in [0.1, 0.15) is 0 Å². The highest BCUT2D eigenvalue weighted by Gasteiger charge is 2.06. The van der Waals surface area contributed by atoms with Gasteiger partial charge in [-0.15, -0.1) is 0 Å². The van der Waals surface area contributed by atoms with Crippen molar-refractivity contribution >= 4 is 23.1 Å². The Morgan fingerprint density at radius 1 is 1.25 bits per heavy atom. The molecule has 7 heteroatoms. The minimum Gasteiger partial charge on any atom is -0.493 e. The molecule has 0 spiro atoms. The first-order valence-corrected chi connectivity index (χ1v) is 6.24. The van der Waals surface area contributed by atoms with Gasteiger partial charge in [-0.05, 0) is 29.3 Å². The standard InChI is InChI=1S/C13H15ClN4O2/c1-19-10-4-3-8(5-11(10)20-2)6-16-12-9(15)7-17-13(14)18-12/h3-5,7H,6,15H2,1-2H3,(H,16,17,18). The average molecular weight is 295 g/mol. The zero-order valence-electron chi connectivity index (χ0n) is 11.2. The lowest BCUT2D eigenvalue weighted by molar-refractivity contribution is 0.354. The van der Waals surface area contributed by atoms with Crippen molar-refractivity contribution in [3.05, 3.63) is 35.2 Å². The number of halogens is 1. The van der Waals surface area contributed by atoms with Gasteiger partial charge in [0.05, 0.1) is 26.1 Å². The minimum atomic E-state index is 0.147. The molecule has 0 aliphatic rings. The van der Waals surface area contributed by atoms with Crippen LogP contribution in [0.1, 0.15) is 5.56 Å². The van der Waals surface area contributed by atoms with Gasteiger partial charge in [-0.1, -0.05) is 6.07 Å². The molecule has 2 rings (SSSR count). The maximum atomic E-state index is 5.76. The van der Waals surface area contributed by atoms with E-state index < -0.39 is 0 Å². The summed E-state index contributed by atoms with van der Waals surface area (Å²) < 4.78 is 10.4. The average Bonchev–Trinajstić information content (AvgIpc) is 2.47. The molecule has 0 saturated carbocycles. The Bertz CT molecular complexity index is 607. The normalized spacial score (nSPS) is 10.2. The van der Waals surface area contributed by atoms with E-state index in [1.807, 2.05) is 18.2 Å². The third kappa shape index (κ3) is 3.21. The number of rotatable bonds is 5.